The molecule has 0 bridgehead atoms. The molecule has 0 spiro atoms. The molecule has 4 rings (SSSR count). The summed E-state index contributed by atoms with van der Waals surface area (Å²) in [6, 6.07) is 9.44. The molecule has 0 aliphatic carbocycles. The Labute approximate surface area is 167 Å². The minimum atomic E-state index is -0.534. The number of fused-ring (bicyclic) bond motifs is 1. The van der Waals surface area contributed by atoms with Gasteiger partial charge in [-0.05, 0) is 36.4 Å². The first kappa shape index (κ1) is 17.8. The van der Waals surface area contributed by atoms with Crippen LogP contribution in [0.4, 0.5) is 11.4 Å². The van der Waals surface area contributed by atoms with E-state index in [2.05, 4.69) is 0 Å². The van der Waals surface area contributed by atoms with Gasteiger partial charge < -0.3 is 9.47 Å². The van der Waals surface area contributed by atoms with E-state index in [-0.39, 0.29) is 28.9 Å². The molecule has 2 aromatic rings. The van der Waals surface area contributed by atoms with Gasteiger partial charge in [0, 0.05) is 5.02 Å². The summed E-state index contributed by atoms with van der Waals surface area (Å²) < 4.78 is 10.8. The monoisotopic (exact) mass is 420 g/mol. The van der Waals surface area contributed by atoms with E-state index in [4.69, 9.17) is 33.3 Å². The third kappa shape index (κ3) is 3.25. The molecule has 0 unspecified atom stereocenters. The number of carbonyl (C=O) groups is 1. The van der Waals surface area contributed by atoms with E-state index in [1.165, 1.54) is 23.1 Å². The van der Waals surface area contributed by atoms with E-state index in [1.807, 2.05) is 0 Å². The molecule has 10 heteroatoms. The summed E-state index contributed by atoms with van der Waals surface area (Å²) in [6.07, 6.45) is 1.44. The van der Waals surface area contributed by atoms with E-state index < -0.39 is 4.92 Å². The van der Waals surface area contributed by atoms with Gasteiger partial charge in [0.05, 0.1) is 27.1 Å². The van der Waals surface area contributed by atoms with Gasteiger partial charge in [-0.15, -0.1) is 0 Å². The number of thiocarbonyl (C=S) groups is 1. The van der Waals surface area contributed by atoms with Crippen LogP contribution in [0.15, 0.2) is 41.3 Å². The summed E-state index contributed by atoms with van der Waals surface area (Å²) in [5.74, 6) is 0.326. The van der Waals surface area contributed by atoms with Crippen molar-refractivity contribution < 1.29 is 19.2 Å². The molecule has 27 heavy (non-hydrogen) atoms. The molecule has 2 aliphatic rings. The van der Waals surface area contributed by atoms with Gasteiger partial charge >= 0.3 is 0 Å². The van der Waals surface area contributed by atoms with Crippen LogP contribution in [0.5, 0.6) is 11.5 Å². The fourth-order valence-electron chi connectivity index (χ4n) is 2.64. The van der Waals surface area contributed by atoms with Crippen LogP contribution in [0.3, 0.4) is 0 Å². The average Bonchev–Trinajstić information content (AvgIpc) is 3.19. The van der Waals surface area contributed by atoms with Crippen molar-refractivity contribution >= 4 is 63.3 Å². The standard InChI is InChI=1S/C17H9ClN2O5S2/c18-10-1-3-11(4-2-10)19-16(21)15(27-17(19)26)6-9-5-13-14(25-8-24-13)7-12(9)20(22)23/h1-7H,8H2/b15-6+. The van der Waals surface area contributed by atoms with Gasteiger partial charge in [0.1, 0.15) is 0 Å². The summed E-state index contributed by atoms with van der Waals surface area (Å²) in [5.41, 5.74) is 0.627. The number of hydrogen-bond acceptors (Lipinski definition) is 7. The highest BCUT2D eigenvalue weighted by molar-refractivity contribution is 8.27. The average molecular weight is 421 g/mol. The molecule has 2 heterocycles. The van der Waals surface area contributed by atoms with Crippen molar-refractivity contribution in [3.05, 3.63) is 62.0 Å². The van der Waals surface area contributed by atoms with Crippen molar-refractivity contribution in [1.29, 1.82) is 0 Å². The van der Waals surface area contributed by atoms with Crippen LogP contribution < -0.4 is 14.4 Å². The third-order valence-corrected chi connectivity index (χ3v) is 5.44. The molecule has 0 radical (unpaired) electrons. The number of halogens is 1. The second-order valence-electron chi connectivity index (χ2n) is 5.51. The Morgan fingerprint density at radius 3 is 2.56 bits per heavy atom. The van der Waals surface area contributed by atoms with Gasteiger partial charge in [0.25, 0.3) is 11.6 Å². The molecule has 2 aliphatic heterocycles. The lowest BCUT2D eigenvalue weighted by atomic mass is 10.1. The van der Waals surface area contributed by atoms with Crippen molar-refractivity contribution in [3.8, 4) is 11.5 Å². The predicted octanol–water partition coefficient (Wildman–Crippen LogP) is 4.38. The van der Waals surface area contributed by atoms with Gasteiger partial charge in [-0.3, -0.25) is 19.8 Å². The third-order valence-electron chi connectivity index (χ3n) is 3.88. The Kier molecular flexibility index (Phi) is 4.50. The molecule has 0 N–H and O–H groups in total. The number of benzene rings is 2. The number of nitro benzene ring substituents is 1. The number of amides is 1. The zero-order chi connectivity index (χ0) is 19.1. The number of thioether (sulfide) groups is 1. The lowest BCUT2D eigenvalue weighted by Crippen LogP contribution is -2.27. The highest BCUT2D eigenvalue weighted by atomic mass is 35.5. The first-order valence-electron chi connectivity index (χ1n) is 7.55. The molecule has 1 fully saturated rings. The molecule has 1 amide bonds. The van der Waals surface area contributed by atoms with Crippen molar-refractivity contribution in [2.75, 3.05) is 11.7 Å². The largest absolute Gasteiger partial charge is 0.454 e. The van der Waals surface area contributed by atoms with Crippen molar-refractivity contribution in [1.82, 2.24) is 0 Å². The normalized spacial score (nSPS) is 17.1. The Morgan fingerprint density at radius 1 is 1.22 bits per heavy atom. The van der Waals surface area contributed by atoms with E-state index in [9.17, 15) is 14.9 Å². The number of nitro groups is 1. The summed E-state index contributed by atoms with van der Waals surface area (Å²) in [6.45, 7) is -0.00533. The van der Waals surface area contributed by atoms with Crippen LogP contribution in [-0.4, -0.2) is 21.9 Å². The highest BCUT2D eigenvalue weighted by Gasteiger charge is 2.34. The van der Waals surface area contributed by atoms with Gasteiger partial charge in [0.2, 0.25) is 6.79 Å². The Bertz CT molecular complexity index is 1020. The molecular formula is C17H9ClN2O5S2. The fourth-order valence-corrected chi connectivity index (χ4v) is 4.06. The van der Waals surface area contributed by atoms with Crippen LogP contribution in [0.1, 0.15) is 5.56 Å². The lowest BCUT2D eigenvalue weighted by molar-refractivity contribution is -0.385. The first-order chi connectivity index (χ1) is 12.9. The number of carbonyl (C=O) groups excluding carboxylic acids is 1. The molecule has 2 aromatic carbocycles. The van der Waals surface area contributed by atoms with E-state index in [1.54, 1.807) is 24.3 Å². The highest BCUT2D eigenvalue weighted by Crippen LogP contribution is 2.41. The van der Waals surface area contributed by atoms with E-state index in [0.717, 1.165) is 11.8 Å². The van der Waals surface area contributed by atoms with Crippen molar-refractivity contribution in [3.63, 3.8) is 0 Å². The maximum atomic E-state index is 12.8. The maximum Gasteiger partial charge on any atom is 0.280 e. The van der Waals surface area contributed by atoms with Gasteiger partial charge in [-0.25, -0.2) is 0 Å². The van der Waals surface area contributed by atoms with E-state index in [0.29, 0.717) is 26.5 Å². The number of nitrogens with zero attached hydrogens (tertiary/aromatic N) is 2. The van der Waals surface area contributed by atoms with Crippen LogP contribution in [-0.2, 0) is 4.79 Å². The number of rotatable bonds is 3. The van der Waals surface area contributed by atoms with E-state index >= 15 is 0 Å². The Morgan fingerprint density at radius 2 is 1.89 bits per heavy atom. The zero-order valence-corrected chi connectivity index (χ0v) is 15.8. The van der Waals surface area contributed by atoms with Crippen molar-refractivity contribution in [2.24, 2.45) is 0 Å². The fraction of sp³-hybridized carbons (Fsp3) is 0.0588. The zero-order valence-electron chi connectivity index (χ0n) is 13.4. The quantitative estimate of drug-likeness (QED) is 0.315. The minimum absolute atomic E-state index is 0.00533. The predicted molar refractivity (Wildman–Crippen MR) is 106 cm³/mol. The van der Waals surface area contributed by atoms with Gasteiger partial charge in [-0.2, -0.15) is 0 Å². The molecule has 1 saturated heterocycles. The van der Waals surface area contributed by atoms with Crippen molar-refractivity contribution in [2.45, 2.75) is 0 Å². The maximum absolute atomic E-state index is 12.8. The van der Waals surface area contributed by atoms with Crippen LogP contribution in [0, 0.1) is 10.1 Å². The molecule has 136 valence electrons. The van der Waals surface area contributed by atoms with Crippen LogP contribution in [0.25, 0.3) is 6.08 Å². The van der Waals surface area contributed by atoms with Crippen LogP contribution in [0.2, 0.25) is 5.02 Å². The lowest BCUT2D eigenvalue weighted by Gasteiger charge is -2.14. The summed E-state index contributed by atoms with van der Waals surface area (Å²) in [4.78, 5) is 25.3. The second kappa shape index (κ2) is 6.84. The number of anilines is 1. The molecule has 0 aromatic heterocycles. The second-order valence-corrected chi connectivity index (χ2v) is 7.63. The molecule has 7 nitrogen and oxygen atoms in total. The molecule has 0 atom stereocenters. The van der Waals surface area contributed by atoms with Gasteiger partial charge in [0.15, 0.2) is 15.8 Å². The first-order valence-corrected chi connectivity index (χ1v) is 9.16. The SMILES string of the molecule is O=C1/C(=C\c2cc3c(cc2[N+](=O)[O-])OCO3)SC(=S)N1c1ccc(Cl)cc1. The van der Waals surface area contributed by atoms with Gasteiger partial charge in [-0.1, -0.05) is 35.6 Å². The molecule has 0 saturated carbocycles. The topological polar surface area (TPSA) is 81.9 Å². The summed E-state index contributed by atoms with van der Waals surface area (Å²) in [5, 5.41) is 11.9. The summed E-state index contributed by atoms with van der Waals surface area (Å²) in [7, 11) is 0. The Balaban J connectivity index is 1.73. The number of ether oxygens (including phenoxy) is 2. The smallest absolute Gasteiger partial charge is 0.280 e. The molecular weight excluding hydrogens is 412 g/mol. The summed E-state index contributed by atoms with van der Waals surface area (Å²) >= 11 is 12.3. The Hall–Kier alpha value is -2.62. The number of hydrogen-bond donors (Lipinski definition) is 0. The van der Waals surface area contributed by atoms with Crippen LogP contribution >= 0.6 is 35.6 Å². The minimum Gasteiger partial charge on any atom is -0.454 e.